The molecule has 0 saturated heterocycles. The lowest BCUT2D eigenvalue weighted by Gasteiger charge is -2.23. The molecule has 0 saturated carbocycles. The third kappa shape index (κ3) is 2.90. The van der Waals surface area contributed by atoms with Crippen molar-refractivity contribution in [2.45, 2.75) is 19.4 Å². The number of pyridine rings is 1. The van der Waals surface area contributed by atoms with Crippen molar-refractivity contribution >= 4 is 17.7 Å². The van der Waals surface area contributed by atoms with Crippen LogP contribution in [0.4, 0.5) is 10.2 Å². The quantitative estimate of drug-likeness (QED) is 0.715. The van der Waals surface area contributed by atoms with Gasteiger partial charge in [0.25, 0.3) is 0 Å². The Kier molecular flexibility index (Phi) is 3.31. The molecular formula is C10H12FN3O3. The molecule has 4 N–H and O–H groups in total. The Morgan fingerprint density at radius 2 is 2.12 bits per heavy atom. The number of aromatic nitrogens is 1. The van der Waals surface area contributed by atoms with Gasteiger partial charge < -0.3 is 16.2 Å². The molecule has 0 unspecified atom stereocenters. The van der Waals surface area contributed by atoms with Gasteiger partial charge in [0.15, 0.2) is 0 Å². The van der Waals surface area contributed by atoms with E-state index >= 15 is 0 Å². The van der Waals surface area contributed by atoms with Crippen LogP contribution in [0.25, 0.3) is 0 Å². The SMILES string of the molecule is CC(C)(Nc1ncc(F)cc1C(=O)O)C(N)=O. The normalized spacial score (nSPS) is 11.0. The molecule has 0 aromatic carbocycles. The number of hydrogen-bond acceptors (Lipinski definition) is 4. The highest BCUT2D eigenvalue weighted by molar-refractivity contribution is 5.95. The molecule has 0 spiro atoms. The van der Waals surface area contributed by atoms with Gasteiger partial charge in [0.2, 0.25) is 5.91 Å². The predicted molar refractivity (Wildman–Crippen MR) is 58.1 cm³/mol. The minimum Gasteiger partial charge on any atom is -0.478 e. The van der Waals surface area contributed by atoms with E-state index in [1.54, 1.807) is 0 Å². The van der Waals surface area contributed by atoms with Crippen molar-refractivity contribution in [2.75, 3.05) is 5.32 Å². The number of primary amides is 1. The van der Waals surface area contributed by atoms with Crippen LogP contribution in [0.2, 0.25) is 0 Å². The molecule has 0 atom stereocenters. The summed E-state index contributed by atoms with van der Waals surface area (Å²) in [6.45, 7) is 2.93. The molecule has 0 fully saturated rings. The van der Waals surface area contributed by atoms with Crippen LogP contribution in [-0.4, -0.2) is 27.5 Å². The first-order valence-electron chi connectivity index (χ1n) is 4.71. The number of nitrogens with zero attached hydrogens (tertiary/aromatic N) is 1. The lowest BCUT2D eigenvalue weighted by molar-refractivity contribution is -0.121. The number of halogens is 1. The van der Waals surface area contributed by atoms with Gasteiger partial charge in [-0.25, -0.2) is 14.2 Å². The second-order valence-electron chi connectivity index (χ2n) is 3.97. The third-order valence-electron chi connectivity index (χ3n) is 2.13. The minimum atomic E-state index is -1.35. The standard InChI is InChI=1S/C10H12FN3O3/c1-10(2,9(12)17)14-7-6(8(15)16)3-5(11)4-13-7/h3-4H,1-2H3,(H2,12,17)(H,13,14)(H,15,16). The number of hydrogen-bond donors (Lipinski definition) is 3. The Labute approximate surface area is 96.6 Å². The Morgan fingerprint density at radius 3 is 2.59 bits per heavy atom. The van der Waals surface area contributed by atoms with E-state index in [9.17, 15) is 14.0 Å². The summed E-state index contributed by atoms with van der Waals surface area (Å²) in [5, 5.41) is 11.4. The van der Waals surface area contributed by atoms with Gasteiger partial charge >= 0.3 is 5.97 Å². The highest BCUT2D eigenvalue weighted by Crippen LogP contribution is 2.18. The van der Waals surface area contributed by atoms with Gasteiger partial charge in [-0.1, -0.05) is 0 Å². The Morgan fingerprint density at radius 1 is 1.53 bits per heavy atom. The minimum absolute atomic E-state index is 0.109. The second kappa shape index (κ2) is 4.36. The molecule has 1 rings (SSSR count). The second-order valence-corrected chi connectivity index (χ2v) is 3.97. The first kappa shape index (κ1) is 12.9. The number of carboxylic acids is 1. The predicted octanol–water partition coefficient (Wildman–Crippen LogP) is 0.595. The molecule has 92 valence electrons. The Bertz CT molecular complexity index is 474. The number of carboxylic acid groups (broad SMARTS) is 1. The molecular weight excluding hydrogens is 229 g/mol. The van der Waals surface area contributed by atoms with Crippen LogP contribution in [0.15, 0.2) is 12.3 Å². The van der Waals surface area contributed by atoms with Crippen LogP contribution < -0.4 is 11.1 Å². The van der Waals surface area contributed by atoms with Gasteiger partial charge in [-0.05, 0) is 19.9 Å². The van der Waals surface area contributed by atoms with Gasteiger partial charge in [-0.15, -0.1) is 0 Å². The fourth-order valence-corrected chi connectivity index (χ4v) is 1.06. The van der Waals surface area contributed by atoms with Crippen LogP contribution >= 0.6 is 0 Å². The van der Waals surface area contributed by atoms with Crippen molar-refractivity contribution in [3.05, 3.63) is 23.6 Å². The summed E-state index contributed by atoms with van der Waals surface area (Å²) in [6.07, 6.45) is 0.853. The van der Waals surface area contributed by atoms with Crippen molar-refractivity contribution in [3.8, 4) is 0 Å². The topological polar surface area (TPSA) is 105 Å². The average molecular weight is 241 g/mol. The molecule has 6 nitrogen and oxygen atoms in total. The van der Waals surface area contributed by atoms with Crippen LogP contribution in [-0.2, 0) is 4.79 Å². The van der Waals surface area contributed by atoms with E-state index in [0.717, 1.165) is 12.3 Å². The van der Waals surface area contributed by atoms with E-state index < -0.39 is 23.2 Å². The summed E-state index contributed by atoms with van der Waals surface area (Å²) < 4.78 is 12.9. The summed E-state index contributed by atoms with van der Waals surface area (Å²) >= 11 is 0. The van der Waals surface area contributed by atoms with Gasteiger partial charge in [-0.3, -0.25) is 4.79 Å². The maximum atomic E-state index is 12.9. The molecule has 17 heavy (non-hydrogen) atoms. The molecule has 1 amide bonds. The number of carbonyl (C=O) groups is 2. The fourth-order valence-electron chi connectivity index (χ4n) is 1.06. The van der Waals surface area contributed by atoms with E-state index in [1.807, 2.05) is 0 Å². The summed E-state index contributed by atoms with van der Waals surface area (Å²) in [5.41, 5.74) is 3.58. The number of carbonyl (C=O) groups excluding carboxylic acids is 1. The van der Waals surface area contributed by atoms with E-state index in [4.69, 9.17) is 10.8 Å². The van der Waals surface area contributed by atoms with Crippen LogP contribution in [0, 0.1) is 5.82 Å². The summed E-state index contributed by atoms with van der Waals surface area (Å²) in [5.74, 6) is -2.91. The highest BCUT2D eigenvalue weighted by atomic mass is 19.1. The van der Waals surface area contributed by atoms with Gasteiger partial charge in [0.1, 0.15) is 22.7 Å². The monoisotopic (exact) mass is 241 g/mol. The number of aromatic carboxylic acids is 1. The molecule has 0 aliphatic rings. The first-order chi connectivity index (χ1) is 7.74. The Hall–Kier alpha value is -2.18. The summed E-state index contributed by atoms with van der Waals surface area (Å²) in [4.78, 5) is 25.5. The third-order valence-corrected chi connectivity index (χ3v) is 2.13. The smallest absolute Gasteiger partial charge is 0.339 e. The first-order valence-corrected chi connectivity index (χ1v) is 4.71. The largest absolute Gasteiger partial charge is 0.478 e. The number of rotatable bonds is 4. The van der Waals surface area contributed by atoms with E-state index in [2.05, 4.69) is 10.3 Å². The maximum Gasteiger partial charge on any atom is 0.339 e. The van der Waals surface area contributed by atoms with Crippen LogP contribution in [0.1, 0.15) is 24.2 Å². The van der Waals surface area contributed by atoms with Gasteiger partial charge in [0.05, 0.1) is 6.20 Å². The molecule has 0 radical (unpaired) electrons. The van der Waals surface area contributed by atoms with E-state index in [0.29, 0.717) is 0 Å². The zero-order valence-corrected chi connectivity index (χ0v) is 9.32. The zero-order valence-electron chi connectivity index (χ0n) is 9.32. The van der Waals surface area contributed by atoms with E-state index in [1.165, 1.54) is 13.8 Å². The molecule has 0 aliphatic heterocycles. The number of anilines is 1. The average Bonchev–Trinajstić information content (AvgIpc) is 2.19. The molecule has 1 heterocycles. The Balaban J connectivity index is 3.15. The van der Waals surface area contributed by atoms with Crippen LogP contribution in [0.5, 0.6) is 0 Å². The molecule has 0 aliphatic carbocycles. The maximum absolute atomic E-state index is 12.9. The van der Waals surface area contributed by atoms with Crippen molar-refractivity contribution in [2.24, 2.45) is 5.73 Å². The lowest BCUT2D eigenvalue weighted by Crippen LogP contribution is -2.45. The lowest BCUT2D eigenvalue weighted by atomic mass is 10.0. The fraction of sp³-hybridized carbons (Fsp3) is 0.300. The number of nitrogens with two attached hydrogens (primary N) is 1. The van der Waals surface area contributed by atoms with Crippen LogP contribution in [0.3, 0.4) is 0 Å². The van der Waals surface area contributed by atoms with Crippen molar-refractivity contribution in [3.63, 3.8) is 0 Å². The van der Waals surface area contributed by atoms with Crippen molar-refractivity contribution in [1.82, 2.24) is 4.98 Å². The summed E-state index contributed by atoms with van der Waals surface area (Å²) in [7, 11) is 0. The van der Waals surface area contributed by atoms with Crippen molar-refractivity contribution < 1.29 is 19.1 Å². The number of amides is 1. The number of nitrogens with one attached hydrogen (secondary N) is 1. The van der Waals surface area contributed by atoms with Gasteiger partial charge in [0, 0.05) is 0 Å². The summed E-state index contributed by atoms with van der Waals surface area (Å²) in [6, 6.07) is 0.814. The zero-order chi connectivity index (χ0) is 13.2. The molecule has 1 aromatic heterocycles. The van der Waals surface area contributed by atoms with Crippen molar-refractivity contribution in [1.29, 1.82) is 0 Å². The van der Waals surface area contributed by atoms with E-state index in [-0.39, 0.29) is 11.4 Å². The van der Waals surface area contributed by atoms with Gasteiger partial charge in [-0.2, -0.15) is 0 Å². The molecule has 1 aromatic rings. The molecule has 0 bridgehead atoms. The highest BCUT2D eigenvalue weighted by Gasteiger charge is 2.27. The molecule has 7 heteroatoms.